The van der Waals surface area contributed by atoms with Gasteiger partial charge >= 0.3 is 0 Å². The standard InChI is InChI=1S/C12H22N2/c1-12(2)9-14(10-3-4-10)11-5-7-13(12)8-6-11/h10-11H,3-9H2,1-2H3. The van der Waals surface area contributed by atoms with Crippen LogP contribution in [-0.2, 0) is 0 Å². The zero-order chi connectivity index (χ0) is 9.76. The summed E-state index contributed by atoms with van der Waals surface area (Å²) in [5.74, 6) is 0. The number of piperidine rings is 1. The summed E-state index contributed by atoms with van der Waals surface area (Å²) in [5, 5.41) is 0. The molecule has 0 aromatic carbocycles. The van der Waals surface area contributed by atoms with Gasteiger partial charge in [-0.25, -0.2) is 0 Å². The lowest BCUT2D eigenvalue weighted by Gasteiger charge is -2.37. The molecule has 80 valence electrons. The highest BCUT2D eigenvalue weighted by atomic mass is 15.3. The van der Waals surface area contributed by atoms with Crippen LogP contribution < -0.4 is 0 Å². The van der Waals surface area contributed by atoms with Gasteiger partial charge in [-0.2, -0.15) is 0 Å². The van der Waals surface area contributed by atoms with Crippen LogP contribution in [0.15, 0.2) is 0 Å². The van der Waals surface area contributed by atoms with Gasteiger partial charge in [0, 0.05) is 37.3 Å². The van der Waals surface area contributed by atoms with Crippen LogP contribution in [0.4, 0.5) is 0 Å². The number of rotatable bonds is 1. The maximum atomic E-state index is 2.83. The van der Waals surface area contributed by atoms with E-state index in [2.05, 4.69) is 23.6 Å². The van der Waals surface area contributed by atoms with E-state index in [0.717, 1.165) is 12.1 Å². The van der Waals surface area contributed by atoms with Crippen molar-refractivity contribution in [1.29, 1.82) is 0 Å². The van der Waals surface area contributed by atoms with Crippen molar-refractivity contribution >= 4 is 0 Å². The molecular formula is C12H22N2. The molecule has 0 amide bonds. The van der Waals surface area contributed by atoms with Crippen LogP contribution >= 0.6 is 0 Å². The lowest BCUT2D eigenvalue weighted by atomic mass is 10.0. The molecule has 0 aromatic heterocycles. The first-order chi connectivity index (χ1) is 6.67. The van der Waals surface area contributed by atoms with Gasteiger partial charge in [-0.1, -0.05) is 0 Å². The molecule has 1 saturated carbocycles. The molecule has 4 aliphatic rings. The highest BCUT2D eigenvalue weighted by molar-refractivity contribution is 5.00. The van der Waals surface area contributed by atoms with Gasteiger partial charge in [-0.3, -0.25) is 9.80 Å². The van der Waals surface area contributed by atoms with Gasteiger partial charge < -0.3 is 0 Å². The van der Waals surface area contributed by atoms with E-state index in [1.165, 1.54) is 45.3 Å². The maximum Gasteiger partial charge on any atom is 0.0280 e. The van der Waals surface area contributed by atoms with E-state index in [9.17, 15) is 0 Å². The molecule has 14 heavy (non-hydrogen) atoms. The molecule has 0 radical (unpaired) electrons. The van der Waals surface area contributed by atoms with Crippen molar-refractivity contribution in [3.63, 3.8) is 0 Å². The molecule has 4 rings (SSSR count). The van der Waals surface area contributed by atoms with E-state index in [-0.39, 0.29) is 0 Å². The Labute approximate surface area is 87.3 Å². The van der Waals surface area contributed by atoms with Crippen LogP contribution in [0.25, 0.3) is 0 Å². The number of hydrogen-bond donors (Lipinski definition) is 0. The highest BCUT2D eigenvalue weighted by Crippen LogP contribution is 2.37. The first-order valence-corrected chi connectivity index (χ1v) is 6.18. The van der Waals surface area contributed by atoms with Crippen LogP contribution in [0.2, 0.25) is 0 Å². The summed E-state index contributed by atoms with van der Waals surface area (Å²) in [5.41, 5.74) is 0.424. The minimum atomic E-state index is 0.424. The van der Waals surface area contributed by atoms with Gasteiger partial charge in [-0.05, 0) is 39.5 Å². The summed E-state index contributed by atoms with van der Waals surface area (Å²) in [7, 11) is 0. The van der Waals surface area contributed by atoms with Gasteiger partial charge in [0.15, 0.2) is 0 Å². The third-order valence-corrected chi connectivity index (χ3v) is 4.37. The third-order valence-electron chi connectivity index (χ3n) is 4.37. The van der Waals surface area contributed by atoms with Crippen LogP contribution in [0.5, 0.6) is 0 Å². The van der Waals surface area contributed by atoms with Gasteiger partial charge in [0.05, 0.1) is 0 Å². The van der Waals surface area contributed by atoms with E-state index in [4.69, 9.17) is 0 Å². The Hall–Kier alpha value is -0.0800. The van der Waals surface area contributed by atoms with E-state index < -0.39 is 0 Å². The van der Waals surface area contributed by atoms with Gasteiger partial charge in [0.25, 0.3) is 0 Å². The first-order valence-electron chi connectivity index (χ1n) is 6.18. The zero-order valence-electron chi connectivity index (χ0n) is 9.50. The Bertz CT molecular complexity index is 224. The van der Waals surface area contributed by atoms with E-state index in [0.29, 0.717) is 5.54 Å². The predicted molar refractivity (Wildman–Crippen MR) is 58.4 cm³/mol. The van der Waals surface area contributed by atoms with E-state index in [1.54, 1.807) is 0 Å². The fourth-order valence-electron chi connectivity index (χ4n) is 3.31. The normalized spacial score (nSPS) is 42.4. The quantitative estimate of drug-likeness (QED) is 0.627. The number of fused-ring (bicyclic) bond motifs is 4. The molecule has 0 spiro atoms. The monoisotopic (exact) mass is 194 g/mol. The Balaban J connectivity index is 1.85. The van der Waals surface area contributed by atoms with Crippen molar-refractivity contribution in [3.8, 4) is 0 Å². The van der Waals surface area contributed by atoms with Crippen LogP contribution in [-0.4, -0.2) is 47.1 Å². The molecule has 0 N–H and O–H groups in total. The topological polar surface area (TPSA) is 6.48 Å². The zero-order valence-corrected chi connectivity index (χ0v) is 9.50. The van der Waals surface area contributed by atoms with Gasteiger partial charge in [0.2, 0.25) is 0 Å². The predicted octanol–water partition coefficient (Wildman–Crippen LogP) is 1.71. The molecule has 3 heterocycles. The van der Waals surface area contributed by atoms with E-state index >= 15 is 0 Å². The summed E-state index contributed by atoms with van der Waals surface area (Å²) in [6, 6.07) is 1.87. The summed E-state index contributed by atoms with van der Waals surface area (Å²) in [6.45, 7) is 8.83. The third kappa shape index (κ3) is 1.40. The Morgan fingerprint density at radius 1 is 0.929 bits per heavy atom. The summed E-state index contributed by atoms with van der Waals surface area (Å²) in [4.78, 5) is 5.53. The van der Waals surface area contributed by atoms with Crippen LogP contribution in [0, 0.1) is 0 Å². The fraction of sp³-hybridized carbons (Fsp3) is 1.00. The van der Waals surface area contributed by atoms with Crippen molar-refractivity contribution in [2.45, 2.75) is 57.2 Å². The molecule has 2 bridgehead atoms. The van der Waals surface area contributed by atoms with Gasteiger partial charge in [0.1, 0.15) is 0 Å². The smallest absolute Gasteiger partial charge is 0.0280 e. The Morgan fingerprint density at radius 3 is 2.07 bits per heavy atom. The molecule has 0 aromatic rings. The average molecular weight is 194 g/mol. The van der Waals surface area contributed by atoms with Gasteiger partial charge in [-0.15, -0.1) is 0 Å². The summed E-state index contributed by atoms with van der Waals surface area (Å²) >= 11 is 0. The number of hydrogen-bond acceptors (Lipinski definition) is 2. The maximum absolute atomic E-state index is 2.83. The van der Waals surface area contributed by atoms with Crippen molar-refractivity contribution in [3.05, 3.63) is 0 Å². The van der Waals surface area contributed by atoms with Crippen LogP contribution in [0.3, 0.4) is 0 Å². The number of nitrogens with zero attached hydrogens (tertiary/aromatic N) is 2. The molecule has 2 nitrogen and oxygen atoms in total. The molecule has 4 fully saturated rings. The highest BCUT2D eigenvalue weighted by Gasteiger charge is 2.44. The van der Waals surface area contributed by atoms with Crippen LogP contribution in [0.1, 0.15) is 39.5 Å². The lowest BCUT2D eigenvalue weighted by molar-refractivity contribution is 0.120. The Morgan fingerprint density at radius 2 is 1.50 bits per heavy atom. The molecule has 2 heteroatoms. The molecular weight excluding hydrogens is 172 g/mol. The molecule has 3 saturated heterocycles. The average Bonchev–Trinajstić information content (AvgIpc) is 2.96. The van der Waals surface area contributed by atoms with Crippen molar-refractivity contribution in [1.82, 2.24) is 9.80 Å². The Kier molecular flexibility index (Phi) is 1.94. The second-order valence-electron chi connectivity index (χ2n) is 5.93. The molecule has 0 atom stereocenters. The second-order valence-corrected chi connectivity index (χ2v) is 5.93. The largest absolute Gasteiger partial charge is 0.297 e. The molecule has 3 aliphatic heterocycles. The molecule has 0 unspecified atom stereocenters. The van der Waals surface area contributed by atoms with Crippen molar-refractivity contribution < 1.29 is 0 Å². The fourth-order valence-corrected chi connectivity index (χ4v) is 3.31. The lowest BCUT2D eigenvalue weighted by Crippen LogP contribution is -2.48. The second kappa shape index (κ2) is 2.96. The first kappa shape index (κ1) is 9.17. The minimum absolute atomic E-state index is 0.424. The minimum Gasteiger partial charge on any atom is -0.297 e. The summed E-state index contributed by atoms with van der Waals surface area (Å²) < 4.78 is 0. The van der Waals surface area contributed by atoms with E-state index in [1.807, 2.05) is 0 Å². The van der Waals surface area contributed by atoms with Crippen molar-refractivity contribution in [2.75, 3.05) is 19.6 Å². The molecule has 1 aliphatic carbocycles. The SMILES string of the molecule is CC1(C)CN(C2CC2)C2CCN1CC2. The van der Waals surface area contributed by atoms with Crippen molar-refractivity contribution in [2.24, 2.45) is 0 Å². The summed E-state index contributed by atoms with van der Waals surface area (Å²) in [6.07, 6.45) is 5.76.